The van der Waals surface area contributed by atoms with Crippen LogP contribution in [0.1, 0.15) is 85.5 Å². The van der Waals surface area contributed by atoms with Crippen molar-refractivity contribution in [2.45, 2.75) is 85.5 Å². The van der Waals surface area contributed by atoms with E-state index < -0.39 is 0 Å². The molecule has 0 fully saturated rings. The van der Waals surface area contributed by atoms with Gasteiger partial charge in [0.1, 0.15) is 0 Å². The fourth-order valence-corrected chi connectivity index (χ4v) is 2.18. The highest BCUT2D eigenvalue weighted by molar-refractivity contribution is 4.54. The van der Waals surface area contributed by atoms with Crippen molar-refractivity contribution in [3.8, 4) is 0 Å². The lowest BCUT2D eigenvalue weighted by Gasteiger charge is -2.10. The predicted octanol–water partition coefficient (Wildman–Crippen LogP) is 5.81. The normalized spacial score (nSPS) is 15.2. The van der Waals surface area contributed by atoms with Crippen molar-refractivity contribution in [2.24, 2.45) is 11.8 Å². The van der Waals surface area contributed by atoms with Crippen molar-refractivity contribution in [2.75, 3.05) is 0 Å². The van der Waals surface area contributed by atoms with E-state index in [2.05, 4.69) is 27.7 Å². The molecule has 0 aliphatic carbocycles. The highest BCUT2D eigenvalue weighted by Gasteiger charge is 2.01. The molecule has 0 aliphatic heterocycles. The predicted molar refractivity (Wildman–Crippen MR) is 71.2 cm³/mol. The molecule has 0 aromatic carbocycles. The summed E-state index contributed by atoms with van der Waals surface area (Å²) < 4.78 is 0. The molecule has 15 heavy (non-hydrogen) atoms. The van der Waals surface area contributed by atoms with Crippen LogP contribution in [0.25, 0.3) is 0 Å². The summed E-state index contributed by atoms with van der Waals surface area (Å²) in [6.45, 7) is 9.38. The molecule has 0 N–H and O–H groups in total. The van der Waals surface area contributed by atoms with Crippen molar-refractivity contribution < 1.29 is 0 Å². The maximum absolute atomic E-state index is 2.41. The van der Waals surface area contributed by atoms with Gasteiger partial charge in [0.2, 0.25) is 0 Å². The highest BCUT2D eigenvalue weighted by Crippen LogP contribution is 2.17. The Kier molecular flexibility index (Phi) is 10.5. The van der Waals surface area contributed by atoms with Crippen LogP contribution in [0.2, 0.25) is 0 Å². The van der Waals surface area contributed by atoms with E-state index in [1.54, 1.807) is 0 Å². The molecule has 0 aromatic rings. The molecule has 0 amide bonds. The van der Waals surface area contributed by atoms with E-state index in [1.165, 1.54) is 57.8 Å². The lowest BCUT2D eigenvalue weighted by Crippen LogP contribution is -1.94. The second-order valence-electron chi connectivity index (χ2n) is 5.40. The van der Waals surface area contributed by atoms with Crippen molar-refractivity contribution in [3.05, 3.63) is 0 Å². The third-order valence-electron chi connectivity index (χ3n) is 3.62. The molecule has 2 unspecified atom stereocenters. The Morgan fingerprint density at radius 2 is 1.20 bits per heavy atom. The smallest absolute Gasteiger partial charge is 0.0443 e. The summed E-state index contributed by atoms with van der Waals surface area (Å²) in [4.78, 5) is 0. The Labute approximate surface area is 97.8 Å². The van der Waals surface area contributed by atoms with Crippen molar-refractivity contribution in [1.29, 1.82) is 0 Å². The first kappa shape index (κ1) is 15.0. The van der Waals surface area contributed by atoms with E-state index in [0.29, 0.717) is 0 Å². The van der Waals surface area contributed by atoms with Gasteiger partial charge in [-0.2, -0.15) is 0 Å². The van der Waals surface area contributed by atoms with Crippen LogP contribution in [0.15, 0.2) is 0 Å². The molecule has 0 saturated heterocycles. The molecular formula is C15H32. The van der Waals surface area contributed by atoms with Gasteiger partial charge in [-0.3, -0.25) is 0 Å². The lowest BCUT2D eigenvalue weighted by molar-refractivity contribution is 0.436. The van der Waals surface area contributed by atoms with Crippen molar-refractivity contribution >= 4 is 0 Å². The molecule has 0 bridgehead atoms. The van der Waals surface area contributed by atoms with E-state index in [4.69, 9.17) is 0 Å². The zero-order valence-electron chi connectivity index (χ0n) is 11.5. The minimum atomic E-state index is 0.948. The molecule has 0 aliphatic rings. The van der Waals surface area contributed by atoms with Gasteiger partial charge in [-0.15, -0.1) is 0 Å². The average Bonchev–Trinajstić information content (AvgIpc) is 2.23. The van der Waals surface area contributed by atoms with Gasteiger partial charge >= 0.3 is 0 Å². The number of hydrogen-bond acceptors (Lipinski definition) is 0. The molecule has 0 spiro atoms. The first-order valence-electron chi connectivity index (χ1n) is 7.20. The van der Waals surface area contributed by atoms with E-state index in [-0.39, 0.29) is 0 Å². The first-order valence-corrected chi connectivity index (χ1v) is 7.20. The van der Waals surface area contributed by atoms with Crippen LogP contribution in [0.5, 0.6) is 0 Å². The van der Waals surface area contributed by atoms with Crippen LogP contribution in [-0.2, 0) is 0 Å². The van der Waals surface area contributed by atoms with E-state index in [9.17, 15) is 0 Å². The molecule has 0 saturated carbocycles. The third-order valence-corrected chi connectivity index (χ3v) is 3.62. The minimum Gasteiger partial charge on any atom is -0.0654 e. The van der Waals surface area contributed by atoms with Crippen molar-refractivity contribution in [3.63, 3.8) is 0 Å². The van der Waals surface area contributed by atoms with E-state index in [0.717, 1.165) is 11.8 Å². The first-order chi connectivity index (χ1) is 7.20. The minimum absolute atomic E-state index is 0.948. The Hall–Kier alpha value is 0. The molecule has 0 radical (unpaired) electrons. The van der Waals surface area contributed by atoms with Gasteiger partial charge in [-0.25, -0.2) is 0 Å². The standard InChI is InChI=1S/C15H32/c1-5-11-15(4)13-10-8-7-9-12-14(3)6-2/h14-15H,5-13H2,1-4H3. The van der Waals surface area contributed by atoms with E-state index in [1.807, 2.05) is 0 Å². The summed E-state index contributed by atoms with van der Waals surface area (Å²) in [5, 5.41) is 0. The molecule has 0 aromatic heterocycles. The van der Waals surface area contributed by atoms with Crippen molar-refractivity contribution in [1.82, 2.24) is 0 Å². The second kappa shape index (κ2) is 10.5. The summed E-state index contributed by atoms with van der Waals surface area (Å²) in [5.41, 5.74) is 0. The Bertz CT molecular complexity index is 117. The largest absolute Gasteiger partial charge is 0.0654 e. The molecular weight excluding hydrogens is 180 g/mol. The number of unbranched alkanes of at least 4 members (excludes halogenated alkanes) is 3. The molecule has 0 nitrogen and oxygen atoms in total. The van der Waals surface area contributed by atoms with Gasteiger partial charge in [0.05, 0.1) is 0 Å². The molecule has 0 heteroatoms. The van der Waals surface area contributed by atoms with Gasteiger partial charge in [-0.05, 0) is 11.8 Å². The van der Waals surface area contributed by atoms with E-state index >= 15 is 0 Å². The molecule has 92 valence electrons. The summed E-state index contributed by atoms with van der Waals surface area (Å²) in [6.07, 6.45) is 12.9. The maximum Gasteiger partial charge on any atom is -0.0443 e. The molecule has 0 rings (SSSR count). The van der Waals surface area contributed by atoms with Gasteiger partial charge in [0.25, 0.3) is 0 Å². The summed E-state index contributed by atoms with van der Waals surface area (Å²) in [6, 6.07) is 0. The lowest BCUT2D eigenvalue weighted by atomic mass is 9.96. The SMILES string of the molecule is CCCC(C)CCCCCCC(C)CC. The maximum atomic E-state index is 2.41. The average molecular weight is 212 g/mol. The Balaban J connectivity index is 3.11. The molecule has 0 heterocycles. The monoisotopic (exact) mass is 212 g/mol. The zero-order chi connectivity index (χ0) is 11.5. The molecule has 2 atom stereocenters. The third kappa shape index (κ3) is 10.3. The second-order valence-corrected chi connectivity index (χ2v) is 5.40. The van der Waals surface area contributed by atoms with Crippen LogP contribution < -0.4 is 0 Å². The van der Waals surface area contributed by atoms with Crippen LogP contribution in [0.3, 0.4) is 0 Å². The van der Waals surface area contributed by atoms with Crippen LogP contribution in [0, 0.1) is 11.8 Å². The highest BCUT2D eigenvalue weighted by atomic mass is 14.1. The fraction of sp³-hybridized carbons (Fsp3) is 1.00. The quantitative estimate of drug-likeness (QED) is 0.401. The Morgan fingerprint density at radius 3 is 1.67 bits per heavy atom. The van der Waals surface area contributed by atoms with Crippen LogP contribution >= 0.6 is 0 Å². The zero-order valence-corrected chi connectivity index (χ0v) is 11.5. The van der Waals surface area contributed by atoms with Gasteiger partial charge in [0, 0.05) is 0 Å². The van der Waals surface area contributed by atoms with Gasteiger partial charge < -0.3 is 0 Å². The summed E-state index contributed by atoms with van der Waals surface area (Å²) in [5.74, 6) is 1.91. The fourth-order valence-electron chi connectivity index (χ4n) is 2.18. The van der Waals surface area contributed by atoms with Crippen LogP contribution in [0.4, 0.5) is 0 Å². The number of hydrogen-bond donors (Lipinski definition) is 0. The van der Waals surface area contributed by atoms with Gasteiger partial charge in [-0.1, -0.05) is 85.5 Å². The van der Waals surface area contributed by atoms with Gasteiger partial charge in [0.15, 0.2) is 0 Å². The van der Waals surface area contributed by atoms with Crippen LogP contribution in [-0.4, -0.2) is 0 Å². The summed E-state index contributed by atoms with van der Waals surface area (Å²) >= 11 is 0. The number of rotatable bonds is 10. The summed E-state index contributed by atoms with van der Waals surface area (Å²) in [7, 11) is 0. The Morgan fingerprint density at radius 1 is 0.667 bits per heavy atom. The topological polar surface area (TPSA) is 0 Å².